The van der Waals surface area contributed by atoms with Crippen LogP contribution in [0.15, 0.2) is 35.8 Å². The van der Waals surface area contributed by atoms with E-state index in [-0.39, 0.29) is 0 Å². The number of rotatable bonds is 5. The van der Waals surface area contributed by atoms with Crippen molar-refractivity contribution in [2.24, 2.45) is 5.73 Å². The van der Waals surface area contributed by atoms with E-state index in [9.17, 15) is 4.79 Å². The highest BCUT2D eigenvalue weighted by Crippen LogP contribution is 2.23. The standard InChI is InChI=1S/C12H13N3O2S/c1-17-9-4-2-3-8(7-9)15-10(11(13)16)12-14-5-6-18-12/h2-7,10,15H,1H3,(H2,13,16). The molecule has 1 aromatic carbocycles. The molecule has 0 fully saturated rings. The molecule has 2 rings (SSSR count). The molecule has 2 aromatic rings. The molecular formula is C12H13N3O2S. The van der Waals surface area contributed by atoms with Crippen LogP contribution in [0.3, 0.4) is 0 Å². The fourth-order valence-electron chi connectivity index (χ4n) is 1.51. The number of hydrogen-bond acceptors (Lipinski definition) is 5. The van der Waals surface area contributed by atoms with E-state index in [0.29, 0.717) is 10.8 Å². The van der Waals surface area contributed by atoms with Crippen molar-refractivity contribution in [1.82, 2.24) is 4.98 Å². The average molecular weight is 263 g/mol. The first-order chi connectivity index (χ1) is 8.70. The summed E-state index contributed by atoms with van der Waals surface area (Å²) in [5.41, 5.74) is 6.14. The van der Waals surface area contributed by atoms with E-state index in [1.807, 2.05) is 18.2 Å². The lowest BCUT2D eigenvalue weighted by Gasteiger charge is -2.14. The summed E-state index contributed by atoms with van der Waals surface area (Å²) in [4.78, 5) is 15.6. The van der Waals surface area contributed by atoms with Crippen molar-refractivity contribution in [3.8, 4) is 5.75 Å². The van der Waals surface area contributed by atoms with E-state index in [4.69, 9.17) is 10.5 Å². The first-order valence-electron chi connectivity index (χ1n) is 5.30. The lowest BCUT2D eigenvalue weighted by molar-refractivity contribution is -0.118. The largest absolute Gasteiger partial charge is 0.497 e. The topological polar surface area (TPSA) is 77.2 Å². The van der Waals surface area contributed by atoms with Crippen molar-refractivity contribution >= 4 is 22.9 Å². The highest BCUT2D eigenvalue weighted by molar-refractivity contribution is 7.09. The Hall–Kier alpha value is -2.08. The molecule has 0 spiro atoms. The summed E-state index contributed by atoms with van der Waals surface area (Å²) < 4.78 is 5.12. The predicted molar refractivity (Wildman–Crippen MR) is 70.7 cm³/mol. The number of methoxy groups -OCH3 is 1. The molecule has 0 saturated carbocycles. The predicted octanol–water partition coefficient (Wildman–Crippen LogP) is 1.79. The van der Waals surface area contributed by atoms with Crippen LogP contribution in [-0.2, 0) is 4.79 Å². The van der Waals surface area contributed by atoms with Crippen molar-refractivity contribution < 1.29 is 9.53 Å². The van der Waals surface area contributed by atoms with Crippen LogP contribution in [0.2, 0.25) is 0 Å². The molecule has 1 amide bonds. The number of nitrogens with zero attached hydrogens (tertiary/aromatic N) is 1. The minimum absolute atomic E-state index is 0.465. The Morgan fingerprint density at radius 1 is 1.56 bits per heavy atom. The summed E-state index contributed by atoms with van der Waals surface area (Å²) in [6, 6.07) is 6.67. The molecule has 6 heteroatoms. The van der Waals surface area contributed by atoms with Gasteiger partial charge in [0.15, 0.2) is 6.04 Å². The van der Waals surface area contributed by atoms with Crippen molar-refractivity contribution in [3.05, 3.63) is 40.8 Å². The number of ether oxygens (including phenoxy) is 1. The second kappa shape index (κ2) is 5.50. The third kappa shape index (κ3) is 2.78. The van der Waals surface area contributed by atoms with Crippen molar-refractivity contribution in [2.75, 3.05) is 12.4 Å². The van der Waals surface area contributed by atoms with Crippen LogP contribution >= 0.6 is 11.3 Å². The number of primary amides is 1. The van der Waals surface area contributed by atoms with Gasteiger partial charge in [-0.2, -0.15) is 0 Å². The Labute approximate surface area is 109 Å². The Bertz CT molecular complexity index is 528. The number of hydrogen-bond donors (Lipinski definition) is 2. The smallest absolute Gasteiger partial charge is 0.247 e. The molecule has 0 radical (unpaired) electrons. The Kier molecular flexibility index (Phi) is 3.78. The Morgan fingerprint density at radius 2 is 2.39 bits per heavy atom. The van der Waals surface area contributed by atoms with E-state index >= 15 is 0 Å². The minimum atomic E-state index is -0.628. The van der Waals surface area contributed by atoms with Crippen molar-refractivity contribution in [3.63, 3.8) is 0 Å². The van der Waals surface area contributed by atoms with Gasteiger partial charge < -0.3 is 15.8 Å². The lowest BCUT2D eigenvalue weighted by Crippen LogP contribution is -2.27. The second-order valence-corrected chi connectivity index (χ2v) is 4.51. The fourth-order valence-corrected chi connectivity index (χ4v) is 2.21. The van der Waals surface area contributed by atoms with Gasteiger partial charge in [0.25, 0.3) is 0 Å². The van der Waals surface area contributed by atoms with Gasteiger partial charge in [0.05, 0.1) is 7.11 Å². The van der Waals surface area contributed by atoms with Crippen LogP contribution in [0, 0.1) is 0 Å². The molecule has 0 saturated heterocycles. The van der Waals surface area contributed by atoms with Crippen LogP contribution in [0.5, 0.6) is 5.75 Å². The monoisotopic (exact) mass is 263 g/mol. The van der Waals surface area contributed by atoms with Gasteiger partial charge in [-0.1, -0.05) is 6.07 Å². The summed E-state index contributed by atoms with van der Waals surface area (Å²) in [6.07, 6.45) is 1.64. The normalized spacial score (nSPS) is 11.8. The molecule has 1 unspecified atom stereocenters. The third-order valence-corrected chi connectivity index (χ3v) is 3.20. The summed E-state index contributed by atoms with van der Waals surface area (Å²) in [6.45, 7) is 0. The van der Waals surface area contributed by atoms with Crippen LogP contribution in [0.1, 0.15) is 11.0 Å². The second-order valence-electron chi connectivity index (χ2n) is 3.58. The molecule has 94 valence electrons. The van der Waals surface area contributed by atoms with Crippen LogP contribution in [0.4, 0.5) is 5.69 Å². The molecule has 0 aliphatic heterocycles. The number of aromatic nitrogens is 1. The van der Waals surface area contributed by atoms with Gasteiger partial charge in [0.2, 0.25) is 5.91 Å². The quantitative estimate of drug-likeness (QED) is 0.862. The van der Waals surface area contributed by atoms with E-state index in [0.717, 1.165) is 5.69 Å². The van der Waals surface area contributed by atoms with Gasteiger partial charge in [-0.05, 0) is 12.1 Å². The number of nitrogens with two attached hydrogens (primary N) is 1. The van der Waals surface area contributed by atoms with Crippen molar-refractivity contribution in [2.45, 2.75) is 6.04 Å². The molecule has 1 atom stereocenters. The molecule has 18 heavy (non-hydrogen) atoms. The lowest BCUT2D eigenvalue weighted by atomic mass is 10.2. The first kappa shape index (κ1) is 12.4. The number of benzene rings is 1. The molecule has 3 N–H and O–H groups in total. The SMILES string of the molecule is COc1cccc(NC(C(N)=O)c2nccs2)c1. The number of nitrogens with one attached hydrogen (secondary N) is 1. The van der Waals surface area contributed by atoms with E-state index in [2.05, 4.69) is 10.3 Å². The fraction of sp³-hybridized carbons (Fsp3) is 0.167. The average Bonchev–Trinajstić information content (AvgIpc) is 2.89. The third-order valence-electron chi connectivity index (χ3n) is 2.36. The number of carbonyl (C=O) groups excluding carboxylic acids is 1. The molecule has 5 nitrogen and oxygen atoms in total. The Morgan fingerprint density at radius 3 is 3.00 bits per heavy atom. The van der Waals surface area contributed by atoms with Crippen LogP contribution in [-0.4, -0.2) is 18.0 Å². The minimum Gasteiger partial charge on any atom is -0.497 e. The molecule has 0 bridgehead atoms. The maximum Gasteiger partial charge on any atom is 0.247 e. The number of anilines is 1. The first-order valence-corrected chi connectivity index (χ1v) is 6.18. The zero-order valence-electron chi connectivity index (χ0n) is 9.79. The highest BCUT2D eigenvalue weighted by Gasteiger charge is 2.20. The number of thiazole rings is 1. The van der Waals surface area contributed by atoms with Gasteiger partial charge >= 0.3 is 0 Å². The van der Waals surface area contributed by atoms with Gasteiger partial charge in [-0.25, -0.2) is 4.98 Å². The summed E-state index contributed by atoms with van der Waals surface area (Å²) in [5, 5.41) is 5.50. The summed E-state index contributed by atoms with van der Waals surface area (Å²) in [7, 11) is 1.59. The molecular weight excluding hydrogens is 250 g/mol. The molecule has 0 aliphatic carbocycles. The van der Waals surface area contributed by atoms with Gasteiger partial charge in [-0.15, -0.1) is 11.3 Å². The number of carbonyl (C=O) groups is 1. The van der Waals surface area contributed by atoms with E-state index in [1.165, 1.54) is 11.3 Å². The Balaban J connectivity index is 2.21. The van der Waals surface area contributed by atoms with E-state index < -0.39 is 11.9 Å². The summed E-state index contributed by atoms with van der Waals surface area (Å²) in [5.74, 6) is 0.245. The van der Waals surface area contributed by atoms with E-state index in [1.54, 1.807) is 24.8 Å². The maximum absolute atomic E-state index is 11.5. The van der Waals surface area contributed by atoms with Crippen LogP contribution < -0.4 is 15.8 Å². The number of amides is 1. The summed E-state index contributed by atoms with van der Waals surface area (Å²) >= 11 is 1.38. The van der Waals surface area contributed by atoms with Crippen molar-refractivity contribution in [1.29, 1.82) is 0 Å². The van der Waals surface area contributed by atoms with Crippen LogP contribution in [0.25, 0.3) is 0 Å². The van der Waals surface area contributed by atoms with Gasteiger partial charge in [-0.3, -0.25) is 4.79 Å². The molecule has 0 aliphatic rings. The highest BCUT2D eigenvalue weighted by atomic mass is 32.1. The zero-order chi connectivity index (χ0) is 13.0. The molecule has 1 heterocycles. The maximum atomic E-state index is 11.5. The van der Waals surface area contributed by atoms with Gasteiger partial charge in [0, 0.05) is 23.3 Å². The zero-order valence-corrected chi connectivity index (χ0v) is 10.6. The molecule has 1 aromatic heterocycles. The van der Waals surface area contributed by atoms with Gasteiger partial charge in [0.1, 0.15) is 10.8 Å².